The molecule has 0 aromatic carbocycles. The highest BCUT2D eigenvalue weighted by Crippen LogP contribution is 2.35. The van der Waals surface area contributed by atoms with Crippen LogP contribution in [0.1, 0.15) is 25.8 Å². The van der Waals surface area contributed by atoms with Crippen LogP contribution in [0.2, 0.25) is 0 Å². The first-order valence-electron chi connectivity index (χ1n) is 6.02. The van der Waals surface area contributed by atoms with Crippen molar-refractivity contribution in [2.75, 3.05) is 11.9 Å². The Balaban J connectivity index is 2.89. The van der Waals surface area contributed by atoms with E-state index in [1.54, 1.807) is 0 Å². The zero-order chi connectivity index (χ0) is 15.3. The number of carbonyl (C=O) groups is 1. The minimum absolute atomic E-state index is 0.221. The quantitative estimate of drug-likeness (QED) is 0.854. The second-order valence-corrected chi connectivity index (χ2v) is 5.12. The molecule has 1 unspecified atom stereocenters. The fraction of sp³-hybridized carbons (Fsp3) is 0.500. The Kier molecular flexibility index (Phi) is 5.79. The first-order valence-corrected chi connectivity index (χ1v) is 6.82. The average Bonchev–Trinajstić information content (AvgIpc) is 2.36. The number of rotatable bonds is 5. The molecule has 0 saturated carbocycles. The predicted molar refractivity (Wildman–Crippen MR) is 73.3 cm³/mol. The Hall–Kier alpha value is -1.31. The molecule has 2 N–H and O–H groups in total. The summed E-state index contributed by atoms with van der Waals surface area (Å²) in [6.45, 7) is 3.84. The standard InChI is InChI=1S/C12H15BrF3N3O/c1-3-4-17-11(20)7(2)19-10-9(12(14,15)16)5-8(13)6-18-10/h5-7H,3-4H2,1-2H3,(H,17,20)(H,18,19). The van der Waals surface area contributed by atoms with Gasteiger partial charge in [0.05, 0.1) is 5.56 Å². The number of aromatic nitrogens is 1. The zero-order valence-electron chi connectivity index (χ0n) is 11.0. The van der Waals surface area contributed by atoms with Crippen molar-refractivity contribution >= 4 is 27.7 Å². The monoisotopic (exact) mass is 353 g/mol. The Morgan fingerprint density at radius 2 is 2.15 bits per heavy atom. The molecule has 8 heteroatoms. The largest absolute Gasteiger partial charge is 0.419 e. The Labute approximate surface area is 123 Å². The van der Waals surface area contributed by atoms with E-state index in [1.165, 1.54) is 13.1 Å². The third-order valence-corrected chi connectivity index (χ3v) is 2.89. The molecule has 0 spiro atoms. The lowest BCUT2D eigenvalue weighted by molar-refractivity contribution is -0.137. The van der Waals surface area contributed by atoms with Crippen LogP contribution < -0.4 is 10.6 Å². The van der Waals surface area contributed by atoms with Crippen molar-refractivity contribution in [3.05, 3.63) is 22.3 Å². The number of nitrogens with one attached hydrogen (secondary N) is 2. The molecule has 1 atom stereocenters. The minimum atomic E-state index is -4.54. The number of halogens is 4. The molecule has 0 radical (unpaired) electrons. The number of hydrogen-bond acceptors (Lipinski definition) is 3. The van der Waals surface area contributed by atoms with E-state index < -0.39 is 17.8 Å². The number of anilines is 1. The van der Waals surface area contributed by atoms with Crippen molar-refractivity contribution in [2.45, 2.75) is 32.5 Å². The lowest BCUT2D eigenvalue weighted by Crippen LogP contribution is -2.38. The average molecular weight is 354 g/mol. The first-order chi connectivity index (χ1) is 9.25. The second kappa shape index (κ2) is 6.92. The summed E-state index contributed by atoms with van der Waals surface area (Å²) in [4.78, 5) is 15.3. The molecule has 1 aromatic rings. The molecule has 1 rings (SSSR count). The number of nitrogens with zero attached hydrogens (tertiary/aromatic N) is 1. The molecule has 1 amide bonds. The Bertz CT molecular complexity index is 480. The van der Waals surface area contributed by atoms with Crippen LogP contribution in [0.3, 0.4) is 0 Å². The van der Waals surface area contributed by atoms with Gasteiger partial charge in [0.1, 0.15) is 11.9 Å². The summed E-state index contributed by atoms with van der Waals surface area (Å²) in [6, 6.07) is 0.114. The molecular formula is C12H15BrF3N3O. The van der Waals surface area contributed by atoms with Crippen LogP contribution in [0.15, 0.2) is 16.7 Å². The molecule has 0 aliphatic heterocycles. The fourth-order valence-electron chi connectivity index (χ4n) is 1.44. The van der Waals surface area contributed by atoms with Crippen molar-refractivity contribution in [1.82, 2.24) is 10.3 Å². The van der Waals surface area contributed by atoms with E-state index in [0.29, 0.717) is 6.54 Å². The number of pyridine rings is 1. The van der Waals surface area contributed by atoms with Crippen LogP contribution in [0.5, 0.6) is 0 Å². The highest BCUT2D eigenvalue weighted by atomic mass is 79.9. The van der Waals surface area contributed by atoms with Crippen molar-refractivity contribution in [3.8, 4) is 0 Å². The molecular weight excluding hydrogens is 339 g/mol. The molecule has 20 heavy (non-hydrogen) atoms. The van der Waals surface area contributed by atoms with Gasteiger partial charge in [-0.3, -0.25) is 4.79 Å². The van der Waals surface area contributed by atoms with Gasteiger partial charge in [-0.15, -0.1) is 0 Å². The predicted octanol–water partition coefficient (Wildman–Crippen LogP) is 3.19. The first kappa shape index (κ1) is 16.7. The highest BCUT2D eigenvalue weighted by Gasteiger charge is 2.35. The van der Waals surface area contributed by atoms with Gasteiger partial charge in [0, 0.05) is 17.2 Å². The Morgan fingerprint density at radius 3 is 2.70 bits per heavy atom. The van der Waals surface area contributed by atoms with E-state index in [4.69, 9.17) is 0 Å². The zero-order valence-corrected chi connectivity index (χ0v) is 12.6. The maximum atomic E-state index is 12.9. The van der Waals surface area contributed by atoms with E-state index in [-0.39, 0.29) is 16.2 Å². The topological polar surface area (TPSA) is 54.0 Å². The molecule has 0 bridgehead atoms. The molecule has 112 valence electrons. The third kappa shape index (κ3) is 4.66. The summed E-state index contributed by atoms with van der Waals surface area (Å²) >= 11 is 2.95. The number of hydrogen-bond donors (Lipinski definition) is 2. The SMILES string of the molecule is CCCNC(=O)C(C)Nc1ncc(Br)cc1C(F)(F)F. The van der Waals surface area contributed by atoms with Gasteiger partial charge in [0.25, 0.3) is 0 Å². The molecule has 0 fully saturated rings. The summed E-state index contributed by atoms with van der Waals surface area (Å²) in [6.07, 6.45) is -2.55. The van der Waals surface area contributed by atoms with E-state index in [0.717, 1.165) is 12.5 Å². The fourth-order valence-corrected chi connectivity index (χ4v) is 1.77. The maximum absolute atomic E-state index is 12.9. The lowest BCUT2D eigenvalue weighted by Gasteiger charge is -2.18. The lowest BCUT2D eigenvalue weighted by atomic mass is 10.2. The summed E-state index contributed by atoms with van der Waals surface area (Å²) in [7, 11) is 0. The molecule has 1 aromatic heterocycles. The van der Waals surface area contributed by atoms with Gasteiger partial charge in [0.2, 0.25) is 5.91 Å². The smallest absolute Gasteiger partial charge is 0.358 e. The number of carbonyl (C=O) groups excluding carboxylic acids is 1. The van der Waals surface area contributed by atoms with Gasteiger partial charge < -0.3 is 10.6 Å². The summed E-state index contributed by atoms with van der Waals surface area (Å²) in [5, 5.41) is 5.09. The van der Waals surface area contributed by atoms with E-state index in [1.807, 2.05) is 6.92 Å². The normalized spacial score (nSPS) is 12.9. The van der Waals surface area contributed by atoms with Crippen molar-refractivity contribution in [1.29, 1.82) is 0 Å². The van der Waals surface area contributed by atoms with E-state index >= 15 is 0 Å². The highest BCUT2D eigenvalue weighted by molar-refractivity contribution is 9.10. The molecule has 0 aliphatic rings. The maximum Gasteiger partial charge on any atom is 0.419 e. The van der Waals surface area contributed by atoms with Crippen LogP contribution >= 0.6 is 15.9 Å². The van der Waals surface area contributed by atoms with Crippen LogP contribution in [0.25, 0.3) is 0 Å². The van der Waals surface area contributed by atoms with Crippen LogP contribution in [-0.4, -0.2) is 23.5 Å². The summed E-state index contributed by atoms with van der Waals surface area (Å²) < 4.78 is 38.9. The second-order valence-electron chi connectivity index (χ2n) is 4.20. The van der Waals surface area contributed by atoms with Gasteiger partial charge in [-0.05, 0) is 35.3 Å². The van der Waals surface area contributed by atoms with Crippen molar-refractivity contribution in [2.24, 2.45) is 0 Å². The molecule has 0 saturated heterocycles. The van der Waals surface area contributed by atoms with Gasteiger partial charge in [-0.25, -0.2) is 4.98 Å². The van der Waals surface area contributed by atoms with E-state index in [2.05, 4.69) is 31.5 Å². The Morgan fingerprint density at radius 1 is 1.50 bits per heavy atom. The van der Waals surface area contributed by atoms with Crippen LogP contribution in [0, 0.1) is 0 Å². The third-order valence-electron chi connectivity index (χ3n) is 2.46. The van der Waals surface area contributed by atoms with Crippen molar-refractivity contribution in [3.63, 3.8) is 0 Å². The van der Waals surface area contributed by atoms with E-state index in [9.17, 15) is 18.0 Å². The van der Waals surface area contributed by atoms with Crippen LogP contribution in [0.4, 0.5) is 19.0 Å². The van der Waals surface area contributed by atoms with Crippen molar-refractivity contribution < 1.29 is 18.0 Å². The van der Waals surface area contributed by atoms with Gasteiger partial charge in [0.15, 0.2) is 0 Å². The van der Waals surface area contributed by atoms with Gasteiger partial charge in [-0.2, -0.15) is 13.2 Å². The van der Waals surface area contributed by atoms with Gasteiger partial charge in [-0.1, -0.05) is 6.92 Å². The minimum Gasteiger partial charge on any atom is -0.358 e. The van der Waals surface area contributed by atoms with Gasteiger partial charge >= 0.3 is 6.18 Å². The number of alkyl halides is 3. The summed E-state index contributed by atoms with van der Waals surface area (Å²) in [5.41, 5.74) is -0.915. The molecule has 0 aliphatic carbocycles. The molecule has 4 nitrogen and oxygen atoms in total. The van der Waals surface area contributed by atoms with Crippen LogP contribution in [-0.2, 0) is 11.0 Å². The summed E-state index contributed by atoms with van der Waals surface area (Å²) in [5.74, 6) is -0.732. The molecule has 1 heterocycles. The number of amides is 1.